The van der Waals surface area contributed by atoms with Gasteiger partial charge in [0.1, 0.15) is 13.5 Å². The molecule has 0 radical (unpaired) electrons. The van der Waals surface area contributed by atoms with Gasteiger partial charge in [-0.3, -0.25) is 47.3 Å². The zero-order valence-electron chi connectivity index (χ0n) is 33.6. The van der Waals surface area contributed by atoms with E-state index >= 15 is 0 Å². The van der Waals surface area contributed by atoms with Crippen molar-refractivity contribution in [2.75, 3.05) is 87.8 Å². The molecule has 0 N–H and O–H groups in total. The number of ether oxygens (including phenoxy) is 5. The Hall–Kier alpha value is -4.22. The lowest BCUT2D eigenvalue weighted by Crippen LogP contribution is -2.51. The summed E-state index contributed by atoms with van der Waals surface area (Å²) in [5.74, 6) is -3.06. The molecule has 2 aromatic carbocycles. The van der Waals surface area contributed by atoms with Crippen LogP contribution in [0.2, 0.25) is 0 Å². The molecule has 0 bridgehead atoms. The number of carbonyl (C=O) groups excluding carboxylic acids is 5. The Balaban J connectivity index is 1.86. The van der Waals surface area contributed by atoms with Gasteiger partial charge in [-0.05, 0) is 36.8 Å². The highest BCUT2D eigenvalue weighted by Crippen LogP contribution is 2.54. The van der Waals surface area contributed by atoms with E-state index in [9.17, 15) is 28.5 Å². The number of hydrogen-bond donors (Lipinski definition) is 0. The van der Waals surface area contributed by atoms with Gasteiger partial charge in [0.05, 0.1) is 59.7 Å². The van der Waals surface area contributed by atoms with E-state index in [0.29, 0.717) is 25.7 Å². The Morgan fingerprint density at radius 3 is 1.56 bits per heavy atom. The average molecular weight is 822 g/mol. The number of nitrogens with zero attached hydrogens (tertiary/aromatic N) is 3. The number of esters is 5. The highest BCUT2D eigenvalue weighted by Gasteiger charge is 2.41. The lowest BCUT2D eigenvalue weighted by Gasteiger charge is -2.41. The van der Waals surface area contributed by atoms with E-state index in [1.54, 1.807) is 4.90 Å². The van der Waals surface area contributed by atoms with Crippen molar-refractivity contribution in [3.05, 3.63) is 71.8 Å². The van der Waals surface area contributed by atoms with Crippen molar-refractivity contribution in [1.82, 2.24) is 14.7 Å². The predicted molar refractivity (Wildman–Crippen MR) is 205 cm³/mol. The summed E-state index contributed by atoms with van der Waals surface area (Å²) in [4.78, 5) is 65.2. The van der Waals surface area contributed by atoms with Crippen LogP contribution in [0, 0.1) is 0 Å². The second-order valence-corrected chi connectivity index (χ2v) is 15.2. The zero-order chi connectivity index (χ0) is 41.8. The first-order chi connectivity index (χ1) is 27.3. The summed E-state index contributed by atoms with van der Waals surface area (Å²) in [6, 6.07) is 19.6. The van der Waals surface area contributed by atoms with Gasteiger partial charge in [-0.15, -0.1) is 0 Å². The first-order valence-corrected chi connectivity index (χ1v) is 20.0. The molecule has 0 aromatic heterocycles. The van der Waals surface area contributed by atoms with Gasteiger partial charge in [0.15, 0.2) is 0 Å². The molecule has 0 aliphatic heterocycles. The summed E-state index contributed by atoms with van der Waals surface area (Å²) < 4.78 is 56.7. The van der Waals surface area contributed by atoms with E-state index in [1.807, 2.05) is 36.4 Å². The third-order valence-electron chi connectivity index (χ3n) is 9.69. The highest BCUT2D eigenvalue weighted by molar-refractivity contribution is 7.48. The number of methoxy groups -OCH3 is 3. The van der Waals surface area contributed by atoms with Crippen LogP contribution in [0.25, 0.3) is 0 Å². The maximum absolute atomic E-state index is 14.2. The SMILES string of the molecule is COC(=O)CN(CCN(CC(=O)OC)CC(COP(=O)(OC)OC1CCC(c2ccccc2)(c2ccccc2)CC1)N(COC(C)=O)COC(C)=O)CC(=O)OC. The van der Waals surface area contributed by atoms with Crippen LogP contribution in [0.15, 0.2) is 60.7 Å². The molecule has 1 aliphatic carbocycles. The molecule has 2 aromatic rings. The number of carbonyl (C=O) groups is 5. The molecule has 1 fully saturated rings. The lowest BCUT2D eigenvalue weighted by atomic mass is 9.65. The van der Waals surface area contributed by atoms with Crippen LogP contribution in [-0.4, -0.2) is 144 Å². The predicted octanol–water partition coefficient (Wildman–Crippen LogP) is 3.54. The summed E-state index contributed by atoms with van der Waals surface area (Å²) in [7, 11) is 0.631. The molecule has 1 saturated carbocycles. The molecule has 57 heavy (non-hydrogen) atoms. The number of phosphoric ester groups is 1. The minimum absolute atomic E-state index is 0.0499. The fraction of sp³-hybridized carbons (Fsp3) is 0.564. The van der Waals surface area contributed by atoms with E-state index in [0.717, 1.165) is 0 Å². The Kier molecular flexibility index (Phi) is 19.8. The van der Waals surface area contributed by atoms with E-state index in [-0.39, 0.29) is 64.8 Å². The van der Waals surface area contributed by atoms with Gasteiger partial charge in [0.2, 0.25) is 0 Å². The third kappa shape index (κ3) is 15.6. The first kappa shape index (κ1) is 47.2. The standard InChI is InChI=1S/C39H56N3O14P/c1-30(43)53-28-42(29-54-31(2)44)34(23-40(24-36(45)49-3)21-22-41(25-37(46)50-4)26-38(47)51-5)27-55-57(48,52-6)56-35-17-19-39(20-18-35,32-13-9-7-10-14-32)33-15-11-8-12-16-33/h7-16,34-35H,17-29H2,1-6H3. The Bertz CT molecular complexity index is 1550. The molecule has 316 valence electrons. The van der Waals surface area contributed by atoms with Gasteiger partial charge in [-0.25, -0.2) is 9.46 Å². The second kappa shape index (κ2) is 23.9. The van der Waals surface area contributed by atoms with E-state index < -0.39 is 49.8 Å². The number of benzene rings is 2. The van der Waals surface area contributed by atoms with Crippen molar-refractivity contribution < 1.29 is 65.8 Å². The second-order valence-electron chi connectivity index (χ2n) is 13.5. The molecular weight excluding hydrogens is 765 g/mol. The fourth-order valence-corrected chi connectivity index (χ4v) is 7.76. The van der Waals surface area contributed by atoms with Crippen molar-refractivity contribution in [1.29, 1.82) is 0 Å². The quantitative estimate of drug-likeness (QED) is 0.0647. The zero-order valence-corrected chi connectivity index (χ0v) is 34.5. The minimum atomic E-state index is -4.23. The molecule has 17 nitrogen and oxygen atoms in total. The number of hydrogen-bond acceptors (Lipinski definition) is 17. The normalized spacial score (nSPS) is 15.7. The van der Waals surface area contributed by atoms with Crippen LogP contribution in [0.3, 0.4) is 0 Å². The van der Waals surface area contributed by atoms with Crippen molar-refractivity contribution in [3.8, 4) is 0 Å². The molecule has 18 heteroatoms. The minimum Gasteiger partial charge on any atom is -0.468 e. The van der Waals surface area contributed by atoms with E-state index in [4.69, 9.17) is 37.3 Å². The molecule has 0 amide bonds. The van der Waals surface area contributed by atoms with E-state index in [2.05, 4.69) is 24.3 Å². The summed E-state index contributed by atoms with van der Waals surface area (Å²) >= 11 is 0. The van der Waals surface area contributed by atoms with Crippen LogP contribution >= 0.6 is 7.82 Å². The largest absolute Gasteiger partial charge is 0.474 e. The molecule has 0 heterocycles. The Labute approximate surface area is 334 Å². The van der Waals surface area contributed by atoms with Crippen molar-refractivity contribution in [3.63, 3.8) is 0 Å². The maximum Gasteiger partial charge on any atom is 0.474 e. The van der Waals surface area contributed by atoms with Crippen LogP contribution in [0.1, 0.15) is 50.7 Å². The van der Waals surface area contributed by atoms with E-state index in [1.165, 1.54) is 63.2 Å². The van der Waals surface area contributed by atoms with Crippen LogP contribution in [-0.2, 0) is 71.2 Å². The average Bonchev–Trinajstić information content (AvgIpc) is 3.22. The first-order valence-electron chi connectivity index (χ1n) is 18.5. The maximum atomic E-state index is 14.2. The van der Waals surface area contributed by atoms with Gasteiger partial charge >= 0.3 is 37.7 Å². The number of phosphoric acid groups is 1. The molecule has 3 rings (SSSR count). The summed E-state index contributed by atoms with van der Waals surface area (Å²) in [5.41, 5.74) is 2.09. The molecular formula is C39H56N3O14P. The topological polar surface area (TPSA) is 186 Å². The summed E-state index contributed by atoms with van der Waals surface area (Å²) in [5, 5.41) is 0. The van der Waals surface area contributed by atoms with Gasteiger partial charge in [-0.2, -0.15) is 0 Å². The summed E-state index contributed by atoms with van der Waals surface area (Å²) in [6.07, 6.45) is 2.05. The number of rotatable bonds is 24. The van der Waals surface area contributed by atoms with Gasteiger partial charge < -0.3 is 23.7 Å². The molecule has 2 atom stereocenters. The monoisotopic (exact) mass is 821 g/mol. The third-order valence-corrected chi connectivity index (χ3v) is 11.2. The smallest absolute Gasteiger partial charge is 0.468 e. The van der Waals surface area contributed by atoms with Gasteiger partial charge in [0.25, 0.3) is 0 Å². The Morgan fingerprint density at radius 1 is 0.702 bits per heavy atom. The van der Waals surface area contributed by atoms with Crippen molar-refractivity contribution >= 4 is 37.7 Å². The molecule has 2 unspecified atom stereocenters. The highest BCUT2D eigenvalue weighted by atomic mass is 31.2. The van der Waals surface area contributed by atoms with Crippen LogP contribution in [0.5, 0.6) is 0 Å². The van der Waals surface area contributed by atoms with Crippen molar-refractivity contribution in [2.24, 2.45) is 0 Å². The van der Waals surface area contributed by atoms with Gasteiger partial charge in [0, 0.05) is 46.0 Å². The molecule has 0 spiro atoms. The van der Waals surface area contributed by atoms with Crippen LogP contribution < -0.4 is 0 Å². The van der Waals surface area contributed by atoms with Crippen molar-refractivity contribution in [2.45, 2.75) is 57.1 Å². The summed E-state index contributed by atoms with van der Waals surface area (Å²) in [6.45, 7) is 0.646. The molecule has 0 saturated heterocycles. The lowest BCUT2D eigenvalue weighted by molar-refractivity contribution is -0.159. The molecule has 1 aliphatic rings. The van der Waals surface area contributed by atoms with Crippen LogP contribution in [0.4, 0.5) is 0 Å². The Morgan fingerprint density at radius 2 is 1.14 bits per heavy atom. The fourth-order valence-electron chi connectivity index (χ4n) is 6.57. The van der Waals surface area contributed by atoms with Gasteiger partial charge in [-0.1, -0.05) is 60.7 Å².